The number of nitrogens with two attached hydrogens (primary N) is 1. The summed E-state index contributed by atoms with van der Waals surface area (Å²) in [7, 11) is 0. The molecule has 1 heterocycles. The Morgan fingerprint density at radius 2 is 2.39 bits per heavy atom. The molecule has 18 heavy (non-hydrogen) atoms. The molecule has 0 saturated heterocycles. The minimum Gasteiger partial charge on any atom is -0.478 e. The van der Waals surface area contributed by atoms with Crippen LogP contribution in [0, 0.1) is 0 Å². The number of nitrogens with one attached hydrogen (secondary N) is 1. The third kappa shape index (κ3) is 2.70. The molecule has 1 aromatic heterocycles. The highest BCUT2D eigenvalue weighted by Gasteiger charge is 2.30. The highest BCUT2D eigenvalue weighted by Crippen LogP contribution is 2.28. The van der Waals surface area contributed by atoms with Gasteiger partial charge in [-0.2, -0.15) is 0 Å². The fourth-order valence-corrected chi connectivity index (χ4v) is 1.97. The number of hydrogen-bond donors (Lipinski definition) is 3. The number of carbonyl (C=O) groups is 1. The fourth-order valence-electron chi connectivity index (χ4n) is 1.97. The van der Waals surface area contributed by atoms with E-state index in [1.165, 1.54) is 12.3 Å². The first-order valence-corrected chi connectivity index (χ1v) is 5.97. The van der Waals surface area contributed by atoms with Gasteiger partial charge in [0.25, 0.3) is 0 Å². The van der Waals surface area contributed by atoms with Gasteiger partial charge in [0.2, 0.25) is 0 Å². The van der Waals surface area contributed by atoms with Crippen molar-refractivity contribution in [3.05, 3.63) is 17.8 Å². The first-order valence-electron chi connectivity index (χ1n) is 5.97. The summed E-state index contributed by atoms with van der Waals surface area (Å²) < 4.78 is 5.46. The summed E-state index contributed by atoms with van der Waals surface area (Å²) >= 11 is 0. The highest BCUT2D eigenvalue weighted by molar-refractivity contribution is 5.89. The number of nitrogen functional groups attached to an aromatic ring is 1. The van der Waals surface area contributed by atoms with Gasteiger partial charge in [0.15, 0.2) is 0 Å². The van der Waals surface area contributed by atoms with Crippen molar-refractivity contribution >= 4 is 17.5 Å². The van der Waals surface area contributed by atoms with E-state index >= 15 is 0 Å². The van der Waals surface area contributed by atoms with Crippen molar-refractivity contribution in [2.45, 2.75) is 31.9 Å². The Balaban J connectivity index is 1.93. The molecule has 6 heteroatoms. The number of anilines is 2. The van der Waals surface area contributed by atoms with Gasteiger partial charge < -0.3 is 20.9 Å². The number of aromatic nitrogens is 1. The van der Waals surface area contributed by atoms with Crippen LogP contribution in [0.1, 0.15) is 30.1 Å². The highest BCUT2D eigenvalue weighted by atomic mass is 16.5. The van der Waals surface area contributed by atoms with Gasteiger partial charge >= 0.3 is 5.97 Å². The number of aromatic carboxylic acids is 1. The van der Waals surface area contributed by atoms with Crippen LogP contribution in [0.4, 0.5) is 11.5 Å². The van der Waals surface area contributed by atoms with Crippen molar-refractivity contribution in [3.8, 4) is 0 Å². The minimum atomic E-state index is -1.03. The van der Waals surface area contributed by atoms with Crippen molar-refractivity contribution in [1.29, 1.82) is 0 Å². The predicted molar refractivity (Wildman–Crippen MR) is 67.7 cm³/mol. The smallest absolute Gasteiger partial charge is 0.337 e. The van der Waals surface area contributed by atoms with Gasteiger partial charge in [-0.25, -0.2) is 9.78 Å². The molecule has 0 bridgehead atoms. The molecule has 1 saturated carbocycles. The van der Waals surface area contributed by atoms with Gasteiger partial charge in [0, 0.05) is 18.8 Å². The maximum Gasteiger partial charge on any atom is 0.337 e. The van der Waals surface area contributed by atoms with Gasteiger partial charge in [-0.1, -0.05) is 0 Å². The topological polar surface area (TPSA) is 97.5 Å². The fraction of sp³-hybridized carbons (Fsp3) is 0.500. The monoisotopic (exact) mass is 251 g/mol. The van der Waals surface area contributed by atoms with E-state index in [4.69, 9.17) is 15.6 Å². The summed E-state index contributed by atoms with van der Waals surface area (Å²) in [6, 6.07) is 1.71. The van der Waals surface area contributed by atoms with Crippen LogP contribution in [0.2, 0.25) is 0 Å². The van der Waals surface area contributed by atoms with Crippen LogP contribution >= 0.6 is 0 Å². The molecule has 0 atom stereocenters. The maximum absolute atomic E-state index is 10.7. The lowest BCUT2D eigenvalue weighted by molar-refractivity contribution is 0.00293. The lowest BCUT2D eigenvalue weighted by Crippen LogP contribution is -2.41. The second kappa shape index (κ2) is 5.22. The zero-order chi connectivity index (χ0) is 13.1. The van der Waals surface area contributed by atoms with E-state index < -0.39 is 5.97 Å². The average molecular weight is 251 g/mol. The van der Waals surface area contributed by atoms with E-state index in [0.717, 1.165) is 19.4 Å². The summed E-state index contributed by atoms with van der Waals surface area (Å²) in [5.41, 5.74) is 6.21. The van der Waals surface area contributed by atoms with Gasteiger partial charge in [0.1, 0.15) is 5.82 Å². The van der Waals surface area contributed by atoms with E-state index in [1.807, 2.05) is 6.92 Å². The Morgan fingerprint density at radius 3 is 2.94 bits per heavy atom. The first-order chi connectivity index (χ1) is 8.60. The third-order valence-electron chi connectivity index (χ3n) is 3.00. The zero-order valence-electron chi connectivity index (χ0n) is 10.2. The molecule has 4 N–H and O–H groups in total. The number of ether oxygens (including phenoxy) is 1. The van der Waals surface area contributed by atoms with E-state index in [1.54, 1.807) is 0 Å². The zero-order valence-corrected chi connectivity index (χ0v) is 10.2. The number of pyridine rings is 1. The van der Waals surface area contributed by atoms with Crippen LogP contribution in [0.5, 0.6) is 0 Å². The number of nitrogens with zero attached hydrogens (tertiary/aromatic N) is 1. The molecule has 1 aliphatic carbocycles. The molecule has 1 fully saturated rings. The lowest BCUT2D eigenvalue weighted by Gasteiger charge is -2.35. The second-order valence-corrected chi connectivity index (χ2v) is 4.36. The molecule has 0 aromatic carbocycles. The molecule has 1 aromatic rings. The van der Waals surface area contributed by atoms with E-state index in [2.05, 4.69) is 10.3 Å². The Hall–Kier alpha value is -1.82. The molecule has 98 valence electrons. The Labute approximate surface area is 105 Å². The SMILES string of the molecule is CCOC1CC(Nc2ncc(C(=O)O)cc2N)C1. The normalized spacial score (nSPS) is 22.3. The van der Waals surface area contributed by atoms with Crippen LogP contribution in [0.3, 0.4) is 0 Å². The van der Waals surface area contributed by atoms with Crippen molar-refractivity contribution in [1.82, 2.24) is 4.98 Å². The van der Waals surface area contributed by atoms with Crippen molar-refractivity contribution < 1.29 is 14.6 Å². The summed E-state index contributed by atoms with van der Waals surface area (Å²) in [4.78, 5) is 14.8. The maximum atomic E-state index is 10.7. The van der Waals surface area contributed by atoms with E-state index in [-0.39, 0.29) is 5.56 Å². The number of rotatable bonds is 5. The van der Waals surface area contributed by atoms with Crippen LogP contribution < -0.4 is 11.1 Å². The van der Waals surface area contributed by atoms with Gasteiger partial charge in [-0.15, -0.1) is 0 Å². The molecule has 1 aliphatic rings. The lowest BCUT2D eigenvalue weighted by atomic mass is 9.89. The van der Waals surface area contributed by atoms with Gasteiger partial charge in [0.05, 0.1) is 17.4 Å². The Morgan fingerprint density at radius 1 is 1.67 bits per heavy atom. The van der Waals surface area contributed by atoms with Gasteiger partial charge in [-0.05, 0) is 25.8 Å². The third-order valence-corrected chi connectivity index (χ3v) is 3.00. The van der Waals surface area contributed by atoms with E-state index in [9.17, 15) is 4.79 Å². The standard InChI is InChI=1S/C12H17N3O3/c1-2-18-9-4-8(5-9)15-11-10(13)3-7(6-14-11)12(16)17/h3,6,8-9H,2,4-5,13H2,1H3,(H,14,15)(H,16,17). The van der Waals surface area contributed by atoms with Crippen molar-refractivity contribution in [2.75, 3.05) is 17.7 Å². The van der Waals surface area contributed by atoms with E-state index in [0.29, 0.717) is 23.7 Å². The average Bonchev–Trinajstić information content (AvgIpc) is 2.28. The molecular weight excluding hydrogens is 234 g/mol. The quantitative estimate of drug-likeness (QED) is 0.730. The molecule has 6 nitrogen and oxygen atoms in total. The second-order valence-electron chi connectivity index (χ2n) is 4.36. The van der Waals surface area contributed by atoms with Gasteiger partial charge in [-0.3, -0.25) is 0 Å². The molecule has 0 amide bonds. The first kappa shape index (κ1) is 12.6. The summed E-state index contributed by atoms with van der Waals surface area (Å²) in [5.74, 6) is -0.485. The van der Waals surface area contributed by atoms with Crippen LogP contribution in [0.25, 0.3) is 0 Å². The van der Waals surface area contributed by atoms with Crippen molar-refractivity contribution in [3.63, 3.8) is 0 Å². The van der Waals surface area contributed by atoms with Crippen LogP contribution in [-0.2, 0) is 4.74 Å². The summed E-state index contributed by atoms with van der Waals surface area (Å²) in [6.45, 7) is 2.70. The predicted octanol–water partition coefficient (Wildman–Crippen LogP) is 1.34. The Bertz CT molecular complexity index is 444. The summed E-state index contributed by atoms with van der Waals surface area (Å²) in [6.07, 6.45) is 3.47. The molecule has 0 aliphatic heterocycles. The summed E-state index contributed by atoms with van der Waals surface area (Å²) in [5, 5.41) is 12.0. The molecule has 0 radical (unpaired) electrons. The number of carboxylic acid groups (broad SMARTS) is 1. The van der Waals surface area contributed by atoms with Crippen LogP contribution in [0.15, 0.2) is 12.3 Å². The molecular formula is C12H17N3O3. The Kier molecular flexibility index (Phi) is 3.66. The largest absolute Gasteiger partial charge is 0.478 e. The van der Waals surface area contributed by atoms with Crippen LogP contribution in [-0.4, -0.2) is 34.8 Å². The van der Waals surface area contributed by atoms with Crippen molar-refractivity contribution in [2.24, 2.45) is 0 Å². The number of hydrogen-bond acceptors (Lipinski definition) is 5. The molecule has 0 unspecified atom stereocenters. The molecule has 0 spiro atoms. The number of carboxylic acids is 1. The minimum absolute atomic E-state index is 0.0962. The molecule has 2 rings (SSSR count).